The molecular formula is C25H30Cl2N2O3. The summed E-state index contributed by atoms with van der Waals surface area (Å²) in [6, 6.07) is 13.8. The van der Waals surface area contributed by atoms with Gasteiger partial charge in [-0.05, 0) is 42.2 Å². The number of alkyl halides is 1. The molecular weight excluding hydrogens is 447 g/mol. The van der Waals surface area contributed by atoms with Gasteiger partial charge < -0.3 is 15.0 Å². The predicted octanol–water partition coefficient (Wildman–Crippen LogP) is 5.50. The molecule has 1 saturated carbocycles. The van der Waals surface area contributed by atoms with E-state index in [1.165, 1.54) is 17.7 Å². The molecule has 2 amide bonds. The number of carbonyl (C=O) groups excluding carboxylic acids is 2. The van der Waals surface area contributed by atoms with Gasteiger partial charge in [0, 0.05) is 17.6 Å². The Balaban J connectivity index is 1.95. The van der Waals surface area contributed by atoms with E-state index in [-0.39, 0.29) is 30.3 Å². The number of benzene rings is 2. The largest absolute Gasteiger partial charge is 0.497 e. The second-order valence-electron chi connectivity index (χ2n) is 8.12. The van der Waals surface area contributed by atoms with E-state index in [1.54, 1.807) is 25.3 Å². The normalized spacial score (nSPS) is 15.5. The quantitative estimate of drug-likeness (QED) is 0.404. The summed E-state index contributed by atoms with van der Waals surface area (Å²) in [7, 11) is 1.59. The van der Waals surface area contributed by atoms with Gasteiger partial charge in [-0.15, -0.1) is 11.6 Å². The van der Waals surface area contributed by atoms with Crippen molar-refractivity contribution in [2.45, 2.75) is 57.2 Å². The van der Waals surface area contributed by atoms with E-state index in [1.807, 2.05) is 30.3 Å². The predicted molar refractivity (Wildman–Crippen MR) is 128 cm³/mol. The number of ether oxygens (including phenoxy) is 1. The number of hydrogen-bond acceptors (Lipinski definition) is 3. The van der Waals surface area contributed by atoms with Crippen LogP contribution in [-0.2, 0) is 16.1 Å². The molecule has 0 spiro atoms. The standard InChI is InChI=1S/C25H30Cl2N2O3/c1-32-21-14-12-18(13-15-21)24(25(31)28-20-9-4-2-3-5-10-20)29(23(30)16-26)17-19-8-6-7-11-22(19)27/h6-8,11-15,20,24H,2-5,9-10,16-17H2,1H3,(H,28,31). The van der Waals surface area contributed by atoms with Crippen LogP contribution in [0.1, 0.15) is 55.7 Å². The van der Waals surface area contributed by atoms with Crippen LogP contribution in [-0.4, -0.2) is 35.7 Å². The third-order valence-corrected chi connectivity index (χ3v) is 6.52. The van der Waals surface area contributed by atoms with Crippen molar-refractivity contribution in [3.05, 3.63) is 64.7 Å². The molecule has 1 N–H and O–H groups in total. The molecule has 172 valence electrons. The first kappa shape index (κ1) is 24.4. The van der Waals surface area contributed by atoms with E-state index in [2.05, 4.69) is 5.32 Å². The second kappa shape index (κ2) is 12.1. The van der Waals surface area contributed by atoms with E-state index < -0.39 is 6.04 Å². The molecule has 32 heavy (non-hydrogen) atoms. The molecule has 1 atom stereocenters. The average molecular weight is 477 g/mol. The fourth-order valence-electron chi connectivity index (χ4n) is 4.17. The van der Waals surface area contributed by atoms with Crippen LogP contribution in [0.25, 0.3) is 0 Å². The first-order valence-corrected chi connectivity index (χ1v) is 12.0. The molecule has 7 heteroatoms. The van der Waals surface area contributed by atoms with Crippen LogP contribution in [0.4, 0.5) is 0 Å². The lowest BCUT2D eigenvalue weighted by atomic mass is 10.0. The van der Waals surface area contributed by atoms with Gasteiger partial charge in [0.25, 0.3) is 0 Å². The Kier molecular flexibility index (Phi) is 9.24. The molecule has 5 nitrogen and oxygen atoms in total. The number of nitrogens with zero attached hydrogens (tertiary/aromatic N) is 1. The Labute approximate surface area is 200 Å². The van der Waals surface area contributed by atoms with Gasteiger partial charge in [-0.25, -0.2) is 0 Å². The van der Waals surface area contributed by atoms with Gasteiger partial charge in [-0.1, -0.05) is 67.6 Å². The highest BCUT2D eigenvalue weighted by Gasteiger charge is 2.33. The van der Waals surface area contributed by atoms with Crippen LogP contribution in [0, 0.1) is 0 Å². The maximum atomic E-state index is 13.6. The summed E-state index contributed by atoms with van der Waals surface area (Å²) in [6.07, 6.45) is 6.49. The molecule has 1 aliphatic carbocycles. The smallest absolute Gasteiger partial charge is 0.247 e. The van der Waals surface area contributed by atoms with E-state index in [4.69, 9.17) is 27.9 Å². The highest BCUT2D eigenvalue weighted by molar-refractivity contribution is 6.31. The first-order valence-electron chi connectivity index (χ1n) is 11.1. The third kappa shape index (κ3) is 6.39. The molecule has 1 unspecified atom stereocenters. The molecule has 0 aromatic heterocycles. The van der Waals surface area contributed by atoms with E-state index in [0.717, 1.165) is 31.2 Å². The Morgan fingerprint density at radius 3 is 2.31 bits per heavy atom. The van der Waals surface area contributed by atoms with Crippen molar-refractivity contribution >= 4 is 35.0 Å². The highest BCUT2D eigenvalue weighted by Crippen LogP contribution is 2.29. The Morgan fingerprint density at radius 2 is 1.72 bits per heavy atom. The highest BCUT2D eigenvalue weighted by atomic mass is 35.5. The van der Waals surface area contributed by atoms with Crippen LogP contribution in [0.5, 0.6) is 5.75 Å². The summed E-state index contributed by atoms with van der Waals surface area (Å²) in [5, 5.41) is 3.75. The maximum absolute atomic E-state index is 13.6. The van der Waals surface area contributed by atoms with Crippen LogP contribution in [0.15, 0.2) is 48.5 Å². The molecule has 1 aliphatic rings. The number of rotatable bonds is 8. The number of carbonyl (C=O) groups is 2. The van der Waals surface area contributed by atoms with E-state index >= 15 is 0 Å². The lowest BCUT2D eigenvalue weighted by Gasteiger charge is -2.32. The van der Waals surface area contributed by atoms with Crippen molar-refractivity contribution < 1.29 is 14.3 Å². The Morgan fingerprint density at radius 1 is 1.06 bits per heavy atom. The van der Waals surface area contributed by atoms with E-state index in [9.17, 15) is 9.59 Å². The maximum Gasteiger partial charge on any atom is 0.247 e. The lowest BCUT2D eigenvalue weighted by Crippen LogP contribution is -2.46. The van der Waals surface area contributed by atoms with Crippen molar-refractivity contribution in [3.63, 3.8) is 0 Å². The molecule has 0 aliphatic heterocycles. The van der Waals surface area contributed by atoms with Crippen molar-refractivity contribution in [2.75, 3.05) is 13.0 Å². The number of nitrogens with one attached hydrogen (secondary N) is 1. The monoisotopic (exact) mass is 476 g/mol. The van der Waals surface area contributed by atoms with Gasteiger partial charge in [-0.3, -0.25) is 9.59 Å². The van der Waals surface area contributed by atoms with Crippen LogP contribution in [0.2, 0.25) is 5.02 Å². The zero-order valence-corrected chi connectivity index (χ0v) is 19.9. The van der Waals surface area contributed by atoms with E-state index in [0.29, 0.717) is 16.3 Å². The van der Waals surface area contributed by atoms with Crippen LogP contribution in [0.3, 0.4) is 0 Å². The minimum Gasteiger partial charge on any atom is -0.497 e. The summed E-state index contributed by atoms with van der Waals surface area (Å²) in [4.78, 5) is 28.1. The van der Waals surface area contributed by atoms with Crippen LogP contribution < -0.4 is 10.1 Å². The van der Waals surface area contributed by atoms with Crippen LogP contribution >= 0.6 is 23.2 Å². The second-order valence-corrected chi connectivity index (χ2v) is 8.79. The minimum absolute atomic E-state index is 0.110. The Hall–Kier alpha value is -2.24. The summed E-state index contributed by atoms with van der Waals surface area (Å²) in [5.41, 5.74) is 1.45. The van der Waals surface area contributed by atoms with Gasteiger partial charge in [0.1, 0.15) is 17.7 Å². The average Bonchev–Trinajstić information content (AvgIpc) is 3.08. The molecule has 3 rings (SSSR count). The summed E-state index contributed by atoms with van der Waals surface area (Å²) < 4.78 is 5.27. The van der Waals surface area contributed by atoms with Gasteiger partial charge in [0.2, 0.25) is 11.8 Å². The molecule has 0 radical (unpaired) electrons. The summed E-state index contributed by atoms with van der Waals surface area (Å²) in [6.45, 7) is 0.181. The number of halogens is 2. The van der Waals surface area contributed by atoms with Crippen molar-refractivity contribution in [1.82, 2.24) is 10.2 Å². The van der Waals surface area contributed by atoms with Gasteiger partial charge in [0.05, 0.1) is 7.11 Å². The SMILES string of the molecule is COc1ccc(C(C(=O)NC2CCCCCC2)N(Cc2ccccc2Cl)C(=O)CCl)cc1. The number of amides is 2. The number of hydrogen-bond donors (Lipinski definition) is 1. The molecule has 0 bridgehead atoms. The zero-order chi connectivity index (χ0) is 22.9. The van der Waals surface area contributed by atoms with Crippen molar-refractivity contribution in [3.8, 4) is 5.75 Å². The zero-order valence-electron chi connectivity index (χ0n) is 18.4. The molecule has 0 heterocycles. The van der Waals surface area contributed by atoms with Gasteiger partial charge >= 0.3 is 0 Å². The van der Waals surface area contributed by atoms with Gasteiger partial charge in [-0.2, -0.15) is 0 Å². The van der Waals surface area contributed by atoms with Crippen molar-refractivity contribution in [2.24, 2.45) is 0 Å². The summed E-state index contributed by atoms with van der Waals surface area (Å²) in [5.74, 6) is -0.0811. The number of methoxy groups -OCH3 is 1. The minimum atomic E-state index is -0.827. The van der Waals surface area contributed by atoms with Crippen molar-refractivity contribution in [1.29, 1.82) is 0 Å². The molecule has 0 saturated heterocycles. The molecule has 1 fully saturated rings. The summed E-state index contributed by atoms with van der Waals surface area (Å²) >= 11 is 12.3. The third-order valence-electron chi connectivity index (χ3n) is 5.93. The molecule has 2 aromatic rings. The van der Waals surface area contributed by atoms with Gasteiger partial charge in [0.15, 0.2) is 0 Å². The fraction of sp³-hybridized carbons (Fsp3) is 0.440. The first-order chi connectivity index (χ1) is 15.5. The Bertz CT molecular complexity index is 896. The topological polar surface area (TPSA) is 58.6 Å². The fourth-order valence-corrected chi connectivity index (χ4v) is 4.52. The lowest BCUT2D eigenvalue weighted by molar-refractivity contribution is -0.140. The molecule has 2 aromatic carbocycles.